The molecular formula is C28H40N2O5. The van der Waals surface area contributed by atoms with Gasteiger partial charge in [0.15, 0.2) is 23.0 Å². The minimum atomic E-state index is 0. The summed E-state index contributed by atoms with van der Waals surface area (Å²) in [6, 6.07) is 8.18. The van der Waals surface area contributed by atoms with Gasteiger partial charge in [-0.25, -0.2) is 0 Å². The van der Waals surface area contributed by atoms with E-state index < -0.39 is 0 Å². The summed E-state index contributed by atoms with van der Waals surface area (Å²) in [6.07, 6.45) is 3.27. The molecule has 1 heterocycles. The van der Waals surface area contributed by atoms with Crippen LogP contribution in [0.4, 0.5) is 0 Å². The Labute approximate surface area is 209 Å². The molecule has 192 valence electrons. The van der Waals surface area contributed by atoms with Crippen molar-refractivity contribution in [3.8, 4) is 23.0 Å². The zero-order valence-electron chi connectivity index (χ0n) is 21.0. The molecule has 0 radical (unpaired) electrons. The topological polar surface area (TPSA) is 60.5 Å². The van der Waals surface area contributed by atoms with Crippen molar-refractivity contribution >= 4 is 5.91 Å². The predicted octanol–water partition coefficient (Wildman–Crippen LogP) is 3.95. The zero-order valence-corrected chi connectivity index (χ0v) is 21.0. The van der Waals surface area contributed by atoms with Gasteiger partial charge in [0, 0.05) is 25.6 Å². The molecule has 0 unspecified atom stereocenters. The predicted molar refractivity (Wildman–Crippen MR) is 138 cm³/mol. The van der Waals surface area contributed by atoms with Crippen LogP contribution < -0.4 is 18.9 Å². The standard InChI is InChI=1S/C27H36N2O5.CH4/c1-28(17-21-11-20-14-25(33-4)26(34-5)16-22(20)21)8-6-9-29-10-7-18-12-23(31-2)24(32-3)13-19(18)15-27(29)30;/h12-14,16,21H,6-11,15,17H2,1-5H3;1H4/t21-;/m1./s1. The third-order valence-electron chi connectivity index (χ3n) is 7.10. The molecule has 7 nitrogen and oxygen atoms in total. The first-order chi connectivity index (χ1) is 16.5. The fourth-order valence-electron chi connectivity index (χ4n) is 5.15. The molecule has 1 aliphatic carbocycles. The number of carbonyl (C=O) groups excluding carboxylic acids is 1. The number of likely N-dealkylation sites (N-methyl/N-ethyl adjacent to an activating group) is 1. The van der Waals surface area contributed by atoms with E-state index in [0.717, 1.165) is 68.3 Å². The summed E-state index contributed by atoms with van der Waals surface area (Å²) >= 11 is 0. The number of hydrogen-bond donors (Lipinski definition) is 0. The maximum absolute atomic E-state index is 12.9. The van der Waals surface area contributed by atoms with Crippen LogP contribution in [0.3, 0.4) is 0 Å². The van der Waals surface area contributed by atoms with Crippen LogP contribution in [0.25, 0.3) is 0 Å². The van der Waals surface area contributed by atoms with E-state index in [0.29, 0.717) is 18.1 Å². The molecule has 0 N–H and O–H groups in total. The van der Waals surface area contributed by atoms with Crippen molar-refractivity contribution in [3.05, 3.63) is 46.5 Å². The second-order valence-electron chi connectivity index (χ2n) is 9.21. The number of benzene rings is 2. The summed E-state index contributed by atoms with van der Waals surface area (Å²) in [4.78, 5) is 17.3. The highest BCUT2D eigenvalue weighted by Crippen LogP contribution is 2.42. The lowest BCUT2D eigenvalue weighted by Gasteiger charge is -2.34. The molecule has 7 heteroatoms. The van der Waals surface area contributed by atoms with Crippen molar-refractivity contribution in [1.82, 2.24) is 9.80 Å². The highest BCUT2D eigenvalue weighted by atomic mass is 16.5. The number of hydrogen-bond acceptors (Lipinski definition) is 6. The second kappa shape index (κ2) is 11.7. The van der Waals surface area contributed by atoms with Crippen LogP contribution in [0.2, 0.25) is 0 Å². The van der Waals surface area contributed by atoms with E-state index in [-0.39, 0.29) is 13.3 Å². The summed E-state index contributed by atoms with van der Waals surface area (Å²) in [5.74, 6) is 3.69. The molecule has 1 amide bonds. The number of methoxy groups -OCH3 is 4. The minimum Gasteiger partial charge on any atom is -0.493 e. The lowest BCUT2D eigenvalue weighted by atomic mass is 9.77. The zero-order chi connectivity index (χ0) is 24.2. The maximum atomic E-state index is 12.9. The Balaban J connectivity index is 0.00000342. The van der Waals surface area contributed by atoms with Gasteiger partial charge in [-0.1, -0.05) is 7.43 Å². The van der Waals surface area contributed by atoms with Crippen molar-refractivity contribution in [2.45, 2.75) is 39.0 Å². The summed E-state index contributed by atoms with van der Waals surface area (Å²) in [5, 5.41) is 0. The number of amides is 1. The van der Waals surface area contributed by atoms with Gasteiger partial charge in [0.2, 0.25) is 5.91 Å². The molecule has 0 aromatic heterocycles. The number of fused-ring (bicyclic) bond motifs is 2. The van der Waals surface area contributed by atoms with Gasteiger partial charge in [-0.3, -0.25) is 4.79 Å². The van der Waals surface area contributed by atoms with Crippen LogP contribution >= 0.6 is 0 Å². The van der Waals surface area contributed by atoms with Crippen molar-refractivity contribution < 1.29 is 23.7 Å². The quantitative estimate of drug-likeness (QED) is 0.509. The van der Waals surface area contributed by atoms with Crippen molar-refractivity contribution in [2.75, 3.05) is 61.7 Å². The van der Waals surface area contributed by atoms with Crippen LogP contribution in [0.15, 0.2) is 24.3 Å². The van der Waals surface area contributed by atoms with E-state index >= 15 is 0 Å². The Bertz CT molecular complexity index is 1040. The van der Waals surface area contributed by atoms with Crippen molar-refractivity contribution in [2.24, 2.45) is 0 Å². The average molecular weight is 485 g/mol. The van der Waals surface area contributed by atoms with E-state index in [9.17, 15) is 4.79 Å². The molecule has 35 heavy (non-hydrogen) atoms. The van der Waals surface area contributed by atoms with E-state index in [1.807, 2.05) is 17.0 Å². The van der Waals surface area contributed by atoms with Crippen LogP contribution in [-0.2, 0) is 24.1 Å². The van der Waals surface area contributed by atoms with Crippen molar-refractivity contribution in [1.29, 1.82) is 0 Å². The highest BCUT2D eigenvalue weighted by Gasteiger charge is 2.29. The van der Waals surface area contributed by atoms with Gasteiger partial charge < -0.3 is 28.7 Å². The number of carbonyl (C=O) groups is 1. The second-order valence-corrected chi connectivity index (χ2v) is 9.21. The molecule has 2 aromatic rings. The van der Waals surface area contributed by atoms with Crippen molar-refractivity contribution in [3.63, 3.8) is 0 Å². The molecule has 2 aliphatic rings. The van der Waals surface area contributed by atoms with Gasteiger partial charge in [-0.15, -0.1) is 0 Å². The molecule has 0 saturated heterocycles. The first kappa shape index (κ1) is 26.7. The molecule has 1 atom stereocenters. The van der Waals surface area contributed by atoms with Crippen LogP contribution in [0.5, 0.6) is 23.0 Å². The summed E-state index contributed by atoms with van der Waals surface area (Å²) in [5.41, 5.74) is 4.91. The Morgan fingerprint density at radius 2 is 1.46 bits per heavy atom. The van der Waals surface area contributed by atoms with Crippen LogP contribution in [-0.4, -0.2) is 77.4 Å². The minimum absolute atomic E-state index is 0. The van der Waals surface area contributed by atoms with Gasteiger partial charge >= 0.3 is 0 Å². The normalized spacial score (nSPS) is 16.5. The summed E-state index contributed by atoms with van der Waals surface area (Å²) < 4.78 is 21.7. The van der Waals surface area contributed by atoms with Gasteiger partial charge in [0.1, 0.15) is 0 Å². The third-order valence-corrected chi connectivity index (χ3v) is 7.10. The van der Waals surface area contributed by atoms with Crippen LogP contribution in [0.1, 0.15) is 42.0 Å². The number of nitrogens with zero attached hydrogens (tertiary/aromatic N) is 2. The van der Waals surface area contributed by atoms with Crippen LogP contribution in [0, 0.1) is 0 Å². The first-order valence-electron chi connectivity index (χ1n) is 11.9. The largest absolute Gasteiger partial charge is 0.493 e. The Morgan fingerprint density at radius 3 is 2.09 bits per heavy atom. The molecule has 0 bridgehead atoms. The lowest BCUT2D eigenvalue weighted by Crippen LogP contribution is -2.36. The van der Waals surface area contributed by atoms with E-state index in [1.165, 1.54) is 16.7 Å². The van der Waals surface area contributed by atoms with Gasteiger partial charge in [-0.2, -0.15) is 0 Å². The Hall–Kier alpha value is -2.93. The fourth-order valence-corrected chi connectivity index (χ4v) is 5.15. The number of rotatable bonds is 10. The van der Waals surface area contributed by atoms with E-state index in [4.69, 9.17) is 18.9 Å². The Morgan fingerprint density at radius 1 is 0.886 bits per heavy atom. The molecular weight excluding hydrogens is 444 g/mol. The fraction of sp³-hybridized carbons (Fsp3) is 0.536. The molecule has 0 saturated carbocycles. The van der Waals surface area contributed by atoms with E-state index in [1.54, 1.807) is 28.4 Å². The van der Waals surface area contributed by atoms with Gasteiger partial charge in [-0.05, 0) is 79.4 Å². The molecule has 0 fully saturated rings. The first-order valence-corrected chi connectivity index (χ1v) is 11.9. The summed E-state index contributed by atoms with van der Waals surface area (Å²) in [7, 11) is 8.79. The molecule has 1 aliphatic heterocycles. The number of ether oxygens (including phenoxy) is 4. The Kier molecular flexibility index (Phi) is 8.89. The van der Waals surface area contributed by atoms with Gasteiger partial charge in [0.05, 0.1) is 34.9 Å². The molecule has 4 rings (SSSR count). The highest BCUT2D eigenvalue weighted by molar-refractivity contribution is 5.80. The van der Waals surface area contributed by atoms with Gasteiger partial charge in [0.25, 0.3) is 0 Å². The SMILES string of the molecule is C.COc1cc2c(cc1OC)CC(=O)N(CCCN(C)C[C@H]1Cc3cc(OC)c(OC)cc31)CC2. The monoisotopic (exact) mass is 484 g/mol. The third kappa shape index (κ3) is 5.67. The lowest BCUT2D eigenvalue weighted by molar-refractivity contribution is -0.130. The summed E-state index contributed by atoms with van der Waals surface area (Å²) in [6.45, 7) is 3.47. The van der Waals surface area contributed by atoms with E-state index in [2.05, 4.69) is 24.1 Å². The molecule has 0 spiro atoms. The average Bonchev–Trinajstić information content (AvgIpc) is 2.98. The molecule has 2 aromatic carbocycles. The smallest absolute Gasteiger partial charge is 0.227 e. The maximum Gasteiger partial charge on any atom is 0.227 e.